The zero-order valence-corrected chi connectivity index (χ0v) is 17.6. The fourth-order valence-electron chi connectivity index (χ4n) is 4.00. The SMILES string of the molecule is CC1CCC(=O)N1c1ccc(-c2cnc(Nc3cnc4c(c3)N(C)CCO4)nc2)cc1. The molecule has 158 valence electrons. The third-order valence-electron chi connectivity index (χ3n) is 5.78. The number of ether oxygens (including phenoxy) is 1. The van der Waals surface area contributed by atoms with Crippen molar-refractivity contribution in [3.63, 3.8) is 0 Å². The number of amides is 1. The maximum atomic E-state index is 12.1. The van der Waals surface area contributed by atoms with Crippen molar-refractivity contribution >= 4 is 28.9 Å². The van der Waals surface area contributed by atoms with Gasteiger partial charge in [-0.15, -0.1) is 0 Å². The summed E-state index contributed by atoms with van der Waals surface area (Å²) in [4.78, 5) is 29.4. The van der Waals surface area contributed by atoms with E-state index in [1.165, 1.54) is 0 Å². The largest absolute Gasteiger partial charge is 0.474 e. The van der Waals surface area contributed by atoms with E-state index in [2.05, 4.69) is 32.1 Å². The van der Waals surface area contributed by atoms with E-state index in [1.807, 2.05) is 42.3 Å². The lowest BCUT2D eigenvalue weighted by molar-refractivity contribution is -0.117. The quantitative estimate of drug-likeness (QED) is 0.695. The molecule has 2 aliphatic rings. The maximum Gasteiger partial charge on any atom is 0.237 e. The summed E-state index contributed by atoms with van der Waals surface area (Å²) in [6, 6.07) is 10.2. The molecule has 1 saturated heterocycles. The number of likely N-dealkylation sites (N-methyl/N-ethyl adjacent to an activating group) is 1. The van der Waals surface area contributed by atoms with Crippen molar-refractivity contribution in [3.8, 4) is 17.0 Å². The number of nitrogens with one attached hydrogen (secondary N) is 1. The number of aromatic nitrogens is 3. The van der Waals surface area contributed by atoms with Crippen LogP contribution >= 0.6 is 0 Å². The first-order chi connectivity index (χ1) is 15.1. The van der Waals surface area contributed by atoms with Gasteiger partial charge in [0.25, 0.3) is 0 Å². The first-order valence-electron chi connectivity index (χ1n) is 10.4. The Balaban J connectivity index is 1.30. The number of fused-ring (bicyclic) bond motifs is 1. The predicted molar refractivity (Wildman–Crippen MR) is 120 cm³/mol. The molecule has 31 heavy (non-hydrogen) atoms. The number of anilines is 4. The fraction of sp³-hybridized carbons (Fsp3) is 0.304. The van der Waals surface area contributed by atoms with Crippen LogP contribution in [0.15, 0.2) is 48.9 Å². The Kier molecular flexibility index (Phi) is 4.89. The minimum Gasteiger partial charge on any atom is -0.474 e. The Bertz CT molecular complexity index is 1100. The summed E-state index contributed by atoms with van der Waals surface area (Å²) >= 11 is 0. The van der Waals surface area contributed by atoms with E-state index in [1.54, 1.807) is 18.6 Å². The molecule has 2 aliphatic heterocycles. The molecule has 2 aromatic heterocycles. The van der Waals surface area contributed by atoms with Crippen LogP contribution in [0.2, 0.25) is 0 Å². The van der Waals surface area contributed by atoms with E-state index >= 15 is 0 Å². The Morgan fingerprint density at radius 3 is 2.55 bits per heavy atom. The summed E-state index contributed by atoms with van der Waals surface area (Å²) in [6.07, 6.45) is 6.82. The molecular weight excluding hydrogens is 392 g/mol. The molecule has 0 aliphatic carbocycles. The van der Waals surface area contributed by atoms with E-state index < -0.39 is 0 Å². The maximum absolute atomic E-state index is 12.1. The van der Waals surface area contributed by atoms with Gasteiger partial charge in [0.15, 0.2) is 0 Å². The molecule has 1 N–H and O–H groups in total. The molecular formula is C23H24N6O2. The van der Waals surface area contributed by atoms with Crippen molar-refractivity contribution in [2.45, 2.75) is 25.8 Å². The van der Waals surface area contributed by atoms with Gasteiger partial charge in [0.2, 0.25) is 17.7 Å². The molecule has 0 bridgehead atoms. The average Bonchev–Trinajstić information content (AvgIpc) is 3.13. The van der Waals surface area contributed by atoms with Gasteiger partial charge in [-0.25, -0.2) is 15.0 Å². The monoisotopic (exact) mass is 416 g/mol. The lowest BCUT2D eigenvalue weighted by atomic mass is 10.1. The van der Waals surface area contributed by atoms with Crippen molar-refractivity contribution in [2.75, 3.05) is 35.3 Å². The highest BCUT2D eigenvalue weighted by Crippen LogP contribution is 2.32. The summed E-state index contributed by atoms with van der Waals surface area (Å²) in [6.45, 7) is 3.55. The normalized spacial score (nSPS) is 18.0. The van der Waals surface area contributed by atoms with Crippen LogP contribution in [0, 0.1) is 0 Å². The second-order valence-corrected chi connectivity index (χ2v) is 7.94. The smallest absolute Gasteiger partial charge is 0.237 e. The number of rotatable bonds is 4. The molecule has 1 unspecified atom stereocenters. The summed E-state index contributed by atoms with van der Waals surface area (Å²) in [5, 5.41) is 3.20. The second kappa shape index (κ2) is 7.86. The minimum absolute atomic E-state index is 0.188. The van der Waals surface area contributed by atoms with Gasteiger partial charge in [0.05, 0.1) is 18.4 Å². The van der Waals surface area contributed by atoms with Crippen LogP contribution in [0.5, 0.6) is 5.88 Å². The van der Waals surface area contributed by atoms with Gasteiger partial charge < -0.3 is 19.9 Å². The summed E-state index contributed by atoms with van der Waals surface area (Å²) < 4.78 is 5.58. The highest BCUT2D eigenvalue weighted by atomic mass is 16.5. The number of carbonyl (C=O) groups is 1. The molecule has 3 aromatic rings. The standard InChI is InChI=1S/C23H24N6O2/c1-15-3-8-21(30)29(15)19-6-4-16(5-7-19)17-12-25-23(26-13-17)27-18-11-20-22(24-14-18)31-10-9-28(20)2/h4-7,11-15H,3,8-10H2,1-2H3,(H,25,26,27). The number of hydrogen-bond acceptors (Lipinski definition) is 7. The van der Waals surface area contributed by atoms with Crippen molar-refractivity contribution < 1.29 is 9.53 Å². The van der Waals surface area contributed by atoms with Crippen LogP contribution < -0.4 is 19.9 Å². The van der Waals surface area contributed by atoms with Crippen LogP contribution in [0.4, 0.5) is 23.0 Å². The van der Waals surface area contributed by atoms with Gasteiger partial charge in [-0.3, -0.25) is 4.79 Å². The Morgan fingerprint density at radius 2 is 1.84 bits per heavy atom. The summed E-state index contributed by atoms with van der Waals surface area (Å²) in [7, 11) is 2.02. The second-order valence-electron chi connectivity index (χ2n) is 7.94. The summed E-state index contributed by atoms with van der Waals surface area (Å²) in [5.41, 5.74) is 4.60. The highest BCUT2D eigenvalue weighted by Gasteiger charge is 2.28. The Morgan fingerprint density at radius 1 is 1.06 bits per heavy atom. The minimum atomic E-state index is 0.188. The van der Waals surface area contributed by atoms with E-state index in [0.717, 1.165) is 41.2 Å². The number of nitrogens with zero attached hydrogens (tertiary/aromatic N) is 5. The third kappa shape index (κ3) is 3.76. The molecule has 0 saturated carbocycles. The molecule has 5 rings (SSSR count). The number of benzene rings is 1. The van der Waals surface area contributed by atoms with Crippen LogP contribution in [0.25, 0.3) is 11.1 Å². The fourth-order valence-corrected chi connectivity index (χ4v) is 4.00. The van der Waals surface area contributed by atoms with E-state index in [-0.39, 0.29) is 11.9 Å². The van der Waals surface area contributed by atoms with Crippen molar-refractivity contribution in [2.24, 2.45) is 0 Å². The predicted octanol–water partition coefficient (Wildman–Crippen LogP) is 3.63. The average molecular weight is 416 g/mol. The molecule has 0 radical (unpaired) electrons. The first kappa shape index (κ1) is 19.3. The van der Waals surface area contributed by atoms with E-state index in [4.69, 9.17) is 4.74 Å². The molecule has 4 heterocycles. The first-order valence-corrected chi connectivity index (χ1v) is 10.4. The molecule has 1 aromatic carbocycles. The van der Waals surface area contributed by atoms with Gasteiger partial charge in [0, 0.05) is 43.2 Å². The van der Waals surface area contributed by atoms with Gasteiger partial charge >= 0.3 is 0 Å². The van der Waals surface area contributed by atoms with Crippen LogP contribution in [-0.4, -0.2) is 47.1 Å². The molecule has 0 spiro atoms. The Hall–Kier alpha value is -3.68. The lowest BCUT2D eigenvalue weighted by Gasteiger charge is -2.26. The van der Waals surface area contributed by atoms with E-state index in [0.29, 0.717) is 24.9 Å². The van der Waals surface area contributed by atoms with Crippen LogP contribution in [0.3, 0.4) is 0 Å². The van der Waals surface area contributed by atoms with Gasteiger partial charge in [-0.1, -0.05) is 12.1 Å². The van der Waals surface area contributed by atoms with E-state index in [9.17, 15) is 4.79 Å². The molecule has 1 atom stereocenters. The lowest BCUT2D eigenvalue weighted by Crippen LogP contribution is -2.30. The number of pyridine rings is 1. The highest BCUT2D eigenvalue weighted by molar-refractivity contribution is 5.96. The molecule has 1 fully saturated rings. The number of carbonyl (C=O) groups excluding carboxylic acids is 1. The molecule has 8 nitrogen and oxygen atoms in total. The third-order valence-corrected chi connectivity index (χ3v) is 5.78. The van der Waals surface area contributed by atoms with Crippen molar-refractivity contribution in [1.29, 1.82) is 0 Å². The van der Waals surface area contributed by atoms with Gasteiger partial charge in [-0.05, 0) is 37.1 Å². The zero-order chi connectivity index (χ0) is 21.4. The summed E-state index contributed by atoms with van der Waals surface area (Å²) in [5.74, 6) is 1.33. The van der Waals surface area contributed by atoms with Gasteiger partial charge in [0.1, 0.15) is 12.3 Å². The van der Waals surface area contributed by atoms with Crippen LogP contribution in [0.1, 0.15) is 19.8 Å². The van der Waals surface area contributed by atoms with Gasteiger partial charge in [-0.2, -0.15) is 0 Å². The van der Waals surface area contributed by atoms with Crippen molar-refractivity contribution in [3.05, 3.63) is 48.9 Å². The Labute approximate surface area is 180 Å². The van der Waals surface area contributed by atoms with Crippen LogP contribution in [-0.2, 0) is 4.79 Å². The molecule has 8 heteroatoms. The van der Waals surface area contributed by atoms with Crippen molar-refractivity contribution in [1.82, 2.24) is 15.0 Å². The molecule has 1 amide bonds. The number of hydrogen-bond donors (Lipinski definition) is 1. The zero-order valence-electron chi connectivity index (χ0n) is 17.6. The topological polar surface area (TPSA) is 83.5 Å².